The van der Waals surface area contributed by atoms with E-state index in [2.05, 4.69) is 184 Å². The van der Waals surface area contributed by atoms with Crippen LogP contribution in [0.3, 0.4) is 0 Å². The van der Waals surface area contributed by atoms with E-state index in [1.807, 2.05) is 6.08 Å². The van der Waals surface area contributed by atoms with Crippen LogP contribution < -0.4 is 9.80 Å². The zero-order chi connectivity index (χ0) is 31.5. The Kier molecular flexibility index (Phi) is 8.40. The molecule has 0 radical (unpaired) electrons. The van der Waals surface area contributed by atoms with Gasteiger partial charge in [0.25, 0.3) is 0 Å². The van der Waals surface area contributed by atoms with E-state index in [9.17, 15) is 0 Å². The summed E-state index contributed by atoms with van der Waals surface area (Å²) < 4.78 is 0. The van der Waals surface area contributed by atoms with E-state index < -0.39 is 0 Å². The number of aryl methyl sites for hydroxylation is 3. The van der Waals surface area contributed by atoms with Crippen LogP contribution in [-0.2, 0) is 0 Å². The fourth-order valence-corrected chi connectivity index (χ4v) is 5.96. The zero-order valence-corrected chi connectivity index (χ0v) is 26.9. The molecule has 6 rings (SSSR count). The highest BCUT2D eigenvalue weighted by molar-refractivity contribution is 6.22. The van der Waals surface area contributed by atoms with Crippen LogP contribution in [0.5, 0.6) is 0 Å². The number of benzene rings is 6. The summed E-state index contributed by atoms with van der Waals surface area (Å²) >= 11 is 0. The second kappa shape index (κ2) is 12.7. The Balaban J connectivity index is 1.73. The van der Waals surface area contributed by atoms with Crippen LogP contribution in [0.15, 0.2) is 157 Å². The molecule has 0 bridgehead atoms. The lowest BCUT2D eigenvalue weighted by Crippen LogP contribution is -2.17. The molecule has 2 heteroatoms. The highest BCUT2D eigenvalue weighted by atomic mass is 15.2. The summed E-state index contributed by atoms with van der Waals surface area (Å²) in [7, 11) is 0. The molecule has 6 aromatic carbocycles. The molecule has 0 aliphatic rings. The summed E-state index contributed by atoms with van der Waals surface area (Å²) in [4.78, 5) is 4.82. The van der Waals surface area contributed by atoms with Crippen molar-refractivity contribution in [3.8, 4) is 0 Å². The van der Waals surface area contributed by atoms with Crippen LogP contribution in [0, 0.1) is 20.8 Å². The third kappa shape index (κ3) is 5.92. The van der Waals surface area contributed by atoms with Crippen LogP contribution in [0.2, 0.25) is 0 Å². The molecule has 222 valence electrons. The lowest BCUT2D eigenvalue weighted by molar-refractivity contribution is 1.17. The minimum absolute atomic E-state index is 1.12. The Bertz CT molecular complexity index is 1940. The van der Waals surface area contributed by atoms with Gasteiger partial charge in [0.15, 0.2) is 0 Å². The maximum atomic E-state index is 3.96. The summed E-state index contributed by atoms with van der Waals surface area (Å²) in [6, 6.07) is 44.2. The van der Waals surface area contributed by atoms with Gasteiger partial charge in [0.1, 0.15) is 0 Å². The second-order valence-electron chi connectivity index (χ2n) is 11.9. The molecule has 0 amide bonds. The fourth-order valence-electron chi connectivity index (χ4n) is 5.96. The van der Waals surface area contributed by atoms with E-state index in [1.54, 1.807) is 0 Å². The van der Waals surface area contributed by atoms with E-state index in [0.29, 0.717) is 0 Å². The highest BCUT2D eigenvalue weighted by Crippen LogP contribution is 2.50. The molecule has 0 N–H and O–H groups in total. The van der Waals surface area contributed by atoms with E-state index in [-0.39, 0.29) is 0 Å². The first-order valence-corrected chi connectivity index (χ1v) is 15.6. The summed E-state index contributed by atoms with van der Waals surface area (Å²) in [5.74, 6) is 0. The minimum atomic E-state index is 1.12. The van der Waals surface area contributed by atoms with Crippen molar-refractivity contribution in [1.29, 1.82) is 0 Å². The summed E-state index contributed by atoms with van der Waals surface area (Å²) in [6.45, 7) is 14.6. The Labute approximate surface area is 267 Å². The molecule has 0 atom stereocenters. The van der Waals surface area contributed by atoms with Crippen LogP contribution in [-0.4, -0.2) is 0 Å². The molecule has 0 aliphatic heterocycles. The lowest BCUT2D eigenvalue weighted by Gasteiger charge is -2.33. The standard InChI is InChI=1S/C43H40N2/c1-7-30(2)16-23-34(6)44(35-24-17-31(3)18-25-35)42-38-12-8-10-14-40(38)43(41-15-11-9-13-39(41)42)45(36-26-19-32(4)20-27-36)37-28-21-33(5)22-29-37/h7-29H,1H2,2-6H3/b30-16-,34-23+. The summed E-state index contributed by atoms with van der Waals surface area (Å²) in [5.41, 5.74) is 11.7. The largest absolute Gasteiger partial charge is 0.313 e. The minimum Gasteiger partial charge on any atom is -0.313 e. The van der Waals surface area contributed by atoms with Gasteiger partial charge < -0.3 is 9.80 Å². The molecule has 0 heterocycles. The fraction of sp³-hybridized carbons (Fsp3) is 0.116. The van der Waals surface area contributed by atoms with E-state index >= 15 is 0 Å². The van der Waals surface area contributed by atoms with E-state index in [1.165, 1.54) is 49.6 Å². The smallest absolute Gasteiger partial charge is 0.0619 e. The predicted molar refractivity (Wildman–Crippen MR) is 197 cm³/mol. The molecule has 0 unspecified atom stereocenters. The normalized spacial score (nSPS) is 12.0. The van der Waals surface area contributed by atoms with Gasteiger partial charge in [-0.3, -0.25) is 0 Å². The Hall–Kier alpha value is -5.34. The third-order valence-corrected chi connectivity index (χ3v) is 8.46. The molecular formula is C43H40N2. The average molecular weight is 585 g/mol. The van der Waals surface area contributed by atoms with Gasteiger partial charge in [-0.1, -0.05) is 126 Å². The number of rotatable bonds is 8. The second-order valence-corrected chi connectivity index (χ2v) is 11.9. The number of anilines is 5. The van der Waals surface area contributed by atoms with Crippen molar-refractivity contribution in [2.45, 2.75) is 34.6 Å². The average Bonchev–Trinajstić information content (AvgIpc) is 3.07. The van der Waals surface area contributed by atoms with Gasteiger partial charge in [-0.25, -0.2) is 0 Å². The number of allylic oxidation sites excluding steroid dienone is 5. The van der Waals surface area contributed by atoms with Crippen molar-refractivity contribution in [1.82, 2.24) is 0 Å². The first-order chi connectivity index (χ1) is 21.9. The summed E-state index contributed by atoms with van der Waals surface area (Å²) in [6.07, 6.45) is 6.22. The van der Waals surface area contributed by atoms with E-state index in [4.69, 9.17) is 0 Å². The van der Waals surface area contributed by atoms with Crippen LogP contribution in [0.1, 0.15) is 30.5 Å². The molecule has 0 aromatic heterocycles. The maximum Gasteiger partial charge on any atom is 0.0619 e. The van der Waals surface area contributed by atoms with E-state index in [0.717, 1.165) is 28.3 Å². The van der Waals surface area contributed by atoms with Crippen molar-refractivity contribution in [3.63, 3.8) is 0 Å². The van der Waals surface area contributed by atoms with Crippen LogP contribution >= 0.6 is 0 Å². The van der Waals surface area contributed by atoms with Crippen LogP contribution in [0.25, 0.3) is 21.5 Å². The monoisotopic (exact) mass is 584 g/mol. The number of hydrogen-bond acceptors (Lipinski definition) is 2. The molecule has 45 heavy (non-hydrogen) atoms. The zero-order valence-electron chi connectivity index (χ0n) is 26.9. The number of nitrogens with zero attached hydrogens (tertiary/aromatic N) is 2. The van der Waals surface area contributed by atoms with Gasteiger partial charge in [-0.2, -0.15) is 0 Å². The van der Waals surface area contributed by atoms with Gasteiger partial charge in [-0.15, -0.1) is 0 Å². The summed E-state index contributed by atoms with van der Waals surface area (Å²) in [5, 5.41) is 4.76. The molecule has 0 saturated carbocycles. The lowest BCUT2D eigenvalue weighted by atomic mass is 9.95. The molecule has 2 nitrogen and oxygen atoms in total. The van der Waals surface area contributed by atoms with Gasteiger partial charge in [0, 0.05) is 44.3 Å². The maximum absolute atomic E-state index is 3.96. The third-order valence-electron chi connectivity index (χ3n) is 8.46. The first-order valence-electron chi connectivity index (χ1n) is 15.6. The Morgan fingerprint density at radius 3 is 1.27 bits per heavy atom. The molecule has 0 fully saturated rings. The first kappa shape index (κ1) is 29.7. The molecular weight excluding hydrogens is 544 g/mol. The quantitative estimate of drug-likeness (QED) is 0.0997. The number of fused-ring (bicyclic) bond motifs is 2. The Morgan fingerprint density at radius 2 is 0.867 bits per heavy atom. The Morgan fingerprint density at radius 1 is 0.489 bits per heavy atom. The van der Waals surface area contributed by atoms with Crippen molar-refractivity contribution in [3.05, 3.63) is 174 Å². The SMILES string of the molecule is C=C/C(C)=C\C=C(/C)N(c1ccc(C)cc1)c1c2ccccc2c(N(c2ccc(C)cc2)c2ccc(C)cc2)c2ccccc12. The highest BCUT2D eigenvalue weighted by Gasteiger charge is 2.25. The molecule has 0 spiro atoms. The van der Waals surface area contributed by atoms with Crippen molar-refractivity contribution in [2.75, 3.05) is 9.80 Å². The van der Waals surface area contributed by atoms with Crippen molar-refractivity contribution < 1.29 is 0 Å². The topological polar surface area (TPSA) is 6.48 Å². The van der Waals surface area contributed by atoms with Gasteiger partial charge in [0.2, 0.25) is 0 Å². The van der Waals surface area contributed by atoms with Crippen molar-refractivity contribution in [2.24, 2.45) is 0 Å². The molecule has 0 aliphatic carbocycles. The predicted octanol–water partition coefficient (Wildman–Crippen LogP) is 12.6. The van der Waals surface area contributed by atoms with Gasteiger partial charge in [-0.05, 0) is 77.1 Å². The molecule has 0 saturated heterocycles. The van der Waals surface area contributed by atoms with Gasteiger partial charge >= 0.3 is 0 Å². The van der Waals surface area contributed by atoms with Crippen LogP contribution in [0.4, 0.5) is 28.4 Å². The van der Waals surface area contributed by atoms with Gasteiger partial charge in [0.05, 0.1) is 11.4 Å². The molecule has 6 aromatic rings. The number of hydrogen-bond donors (Lipinski definition) is 0. The van der Waals surface area contributed by atoms with Crippen molar-refractivity contribution >= 4 is 50.0 Å².